The molecular weight excluding hydrogens is 558 g/mol. The molecule has 1 unspecified atom stereocenters. The van der Waals surface area contributed by atoms with E-state index in [2.05, 4.69) is 39.7 Å². The summed E-state index contributed by atoms with van der Waals surface area (Å²) in [5.41, 5.74) is 4.74. The molecule has 5 rings (SSSR count). The summed E-state index contributed by atoms with van der Waals surface area (Å²) in [5.74, 6) is 1.03. The summed E-state index contributed by atoms with van der Waals surface area (Å²) in [4.78, 5) is 35.5. The van der Waals surface area contributed by atoms with E-state index >= 15 is 0 Å². The third-order valence-corrected chi connectivity index (χ3v) is 8.27. The van der Waals surface area contributed by atoms with Crippen LogP contribution in [-0.4, -0.2) is 50.4 Å². The number of pyridine rings is 1. The lowest BCUT2D eigenvalue weighted by Crippen LogP contribution is -2.30. The molecule has 1 aliphatic rings. The maximum Gasteiger partial charge on any atom is 0.244 e. The molecule has 3 aromatic heterocycles. The number of fused-ring (bicyclic) bond motifs is 3. The Bertz CT molecular complexity index is 1620. The summed E-state index contributed by atoms with van der Waals surface area (Å²) < 4.78 is 2.03. The molecule has 1 aromatic carbocycles. The molecule has 0 saturated carbocycles. The molecule has 1 aliphatic heterocycles. The average molecular weight is 588 g/mol. The number of nitrogens with zero attached hydrogens (tertiary/aromatic N) is 5. The zero-order chi connectivity index (χ0) is 28.9. The fraction of sp³-hybridized carbons (Fsp3) is 0.267. The average Bonchev–Trinajstić information content (AvgIpc) is 3.44. The maximum atomic E-state index is 13.1. The largest absolute Gasteiger partial charge is 0.356 e. The van der Waals surface area contributed by atoms with E-state index in [-0.39, 0.29) is 18.2 Å². The fourth-order valence-corrected chi connectivity index (χ4v) is 5.95. The van der Waals surface area contributed by atoms with Crippen LogP contribution >= 0.6 is 22.9 Å². The number of benzene rings is 1. The van der Waals surface area contributed by atoms with Crippen molar-refractivity contribution in [1.82, 2.24) is 30.4 Å². The molecule has 11 heteroatoms. The molecule has 2 N–H and O–H groups in total. The van der Waals surface area contributed by atoms with Gasteiger partial charge in [0.1, 0.15) is 16.9 Å². The zero-order valence-corrected chi connectivity index (χ0v) is 24.6. The van der Waals surface area contributed by atoms with E-state index in [0.29, 0.717) is 30.4 Å². The molecular formula is C30H30ClN7O2S. The number of nitrogens with one attached hydrogen (secondary N) is 2. The minimum Gasteiger partial charge on any atom is -0.356 e. The van der Waals surface area contributed by atoms with Gasteiger partial charge in [0.15, 0.2) is 5.82 Å². The Morgan fingerprint density at radius 3 is 2.61 bits per heavy atom. The summed E-state index contributed by atoms with van der Waals surface area (Å²) in [7, 11) is 0. The number of hydrogen-bond acceptors (Lipinski definition) is 7. The van der Waals surface area contributed by atoms with Crippen LogP contribution in [-0.2, 0) is 9.59 Å². The van der Waals surface area contributed by atoms with Gasteiger partial charge in [-0.25, -0.2) is 0 Å². The summed E-state index contributed by atoms with van der Waals surface area (Å²) in [6.45, 7) is 6.96. The van der Waals surface area contributed by atoms with Crippen molar-refractivity contribution in [3.05, 3.63) is 98.7 Å². The van der Waals surface area contributed by atoms with Crippen LogP contribution in [0.1, 0.15) is 57.7 Å². The van der Waals surface area contributed by atoms with Crippen LogP contribution in [0, 0.1) is 20.8 Å². The van der Waals surface area contributed by atoms with Gasteiger partial charge in [-0.1, -0.05) is 29.8 Å². The zero-order valence-electron chi connectivity index (χ0n) is 23.0. The van der Waals surface area contributed by atoms with Crippen molar-refractivity contribution in [2.45, 2.75) is 39.7 Å². The number of rotatable bonds is 9. The van der Waals surface area contributed by atoms with Crippen molar-refractivity contribution in [2.24, 2.45) is 4.99 Å². The summed E-state index contributed by atoms with van der Waals surface area (Å²) in [5, 5.41) is 16.2. The van der Waals surface area contributed by atoms with E-state index in [0.717, 1.165) is 38.8 Å². The third-order valence-electron chi connectivity index (χ3n) is 6.82. The first kappa shape index (κ1) is 28.4. The predicted molar refractivity (Wildman–Crippen MR) is 162 cm³/mol. The van der Waals surface area contributed by atoms with Gasteiger partial charge in [-0.05, 0) is 62.6 Å². The number of aromatic nitrogens is 4. The van der Waals surface area contributed by atoms with Crippen molar-refractivity contribution >= 4 is 46.5 Å². The molecule has 0 bridgehead atoms. The van der Waals surface area contributed by atoms with E-state index in [1.54, 1.807) is 29.8 Å². The summed E-state index contributed by atoms with van der Waals surface area (Å²) in [6, 6.07) is 10.7. The van der Waals surface area contributed by atoms with E-state index in [4.69, 9.17) is 16.6 Å². The van der Waals surface area contributed by atoms with Gasteiger partial charge in [-0.2, -0.15) is 0 Å². The second-order valence-electron chi connectivity index (χ2n) is 9.72. The molecule has 0 radical (unpaired) electrons. The first-order valence-electron chi connectivity index (χ1n) is 13.3. The molecule has 9 nitrogen and oxygen atoms in total. The molecule has 4 heterocycles. The maximum absolute atomic E-state index is 13.1. The van der Waals surface area contributed by atoms with Crippen molar-refractivity contribution in [2.75, 3.05) is 13.1 Å². The number of thiophene rings is 1. The Kier molecular flexibility index (Phi) is 8.70. The van der Waals surface area contributed by atoms with Gasteiger partial charge in [0.05, 0.1) is 12.1 Å². The molecule has 1 atom stereocenters. The molecule has 0 fully saturated rings. The van der Waals surface area contributed by atoms with Gasteiger partial charge < -0.3 is 10.6 Å². The first-order chi connectivity index (χ1) is 19.8. The minimum atomic E-state index is -0.529. The van der Waals surface area contributed by atoms with Gasteiger partial charge in [-0.15, -0.1) is 21.5 Å². The molecule has 0 aliphatic carbocycles. The highest BCUT2D eigenvalue weighted by molar-refractivity contribution is 7.15. The van der Waals surface area contributed by atoms with Crippen LogP contribution in [0.15, 0.2) is 59.9 Å². The number of aliphatic imine (C=N–C) groups is 1. The van der Waals surface area contributed by atoms with Crippen LogP contribution in [0.2, 0.25) is 5.02 Å². The molecule has 210 valence electrons. The molecule has 41 heavy (non-hydrogen) atoms. The highest BCUT2D eigenvalue weighted by atomic mass is 35.5. The Morgan fingerprint density at radius 2 is 1.85 bits per heavy atom. The van der Waals surface area contributed by atoms with Crippen molar-refractivity contribution < 1.29 is 9.59 Å². The van der Waals surface area contributed by atoms with Gasteiger partial charge in [0.25, 0.3) is 0 Å². The Balaban J connectivity index is 1.27. The highest BCUT2D eigenvalue weighted by Crippen LogP contribution is 2.39. The quantitative estimate of drug-likeness (QED) is 0.213. The molecule has 4 aromatic rings. The second kappa shape index (κ2) is 12.6. The first-order valence-corrected chi connectivity index (χ1v) is 14.5. The topological polar surface area (TPSA) is 114 Å². The van der Waals surface area contributed by atoms with Crippen molar-refractivity contribution in [3.8, 4) is 5.00 Å². The predicted octanol–water partition coefficient (Wildman–Crippen LogP) is 4.92. The lowest BCUT2D eigenvalue weighted by atomic mass is 9.99. The van der Waals surface area contributed by atoms with Crippen LogP contribution < -0.4 is 10.6 Å². The van der Waals surface area contributed by atoms with Crippen LogP contribution in [0.3, 0.4) is 0 Å². The standard InChI is InChI=1S/C30H30ClN7O2S/c1-18-19(2)41-30-27(18)28(22-8-10-23(31)11-9-22)35-24(29-37-36-20(3)38(29)30)16-26(40)34-15-5-14-33-25(39)12-7-21-6-4-13-32-17-21/h4,6-13,17,24H,5,14-16H2,1-3H3,(H,33,39)(H,34,40). The monoisotopic (exact) mass is 587 g/mol. The smallest absolute Gasteiger partial charge is 0.244 e. The van der Waals surface area contributed by atoms with Crippen LogP contribution in [0.4, 0.5) is 0 Å². The SMILES string of the molecule is Cc1sc2c(c1C)C(c1ccc(Cl)cc1)=NC(CC(=O)NCCCNC(=O)C=Cc1cccnc1)c1nnc(C)n1-2. The van der Waals surface area contributed by atoms with E-state index in [9.17, 15) is 9.59 Å². The minimum absolute atomic E-state index is 0.113. The Labute approximate surface area is 247 Å². The number of halogens is 1. The summed E-state index contributed by atoms with van der Waals surface area (Å²) >= 11 is 7.85. The number of carbonyl (C=O) groups excluding carboxylic acids is 2. The molecule has 0 saturated heterocycles. The van der Waals surface area contributed by atoms with Gasteiger partial charge in [-0.3, -0.25) is 24.1 Å². The van der Waals surface area contributed by atoms with Crippen molar-refractivity contribution in [3.63, 3.8) is 0 Å². The fourth-order valence-electron chi connectivity index (χ4n) is 4.61. The Morgan fingerprint density at radius 1 is 1.07 bits per heavy atom. The third kappa shape index (κ3) is 6.44. The van der Waals surface area contributed by atoms with E-state index < -0.39 is 6.04 Å². The van der Waals surface area contributed by atoms with Crippen molar-refractivity contribution in [1.29, 1.82) is 0 Å². The van der Waals surface area contributed by atoms with Crippen LogP contribution in [0.25, 0.3) is 11.1 Å². The lowest BCUT2D eigenvalue weighted by Gasteiger charge is -2.13. The molecule has 0 spiro atoms. The number of amides is 2. The number of carbonyl (C=O) groups is 2. The Hall–Kier alpha value is -4.15. The van der Waals surface area contributed by atoms with Gasteiger partial charge in [0, 0.05) is 52.6 Å². The molecule has 2 amide bonds. The van der Waals surface area contributed by atoms with E-state index in [1.807, 2.05) is 47.9 Å². The van der Waals surface area contributed by atoms with Crippen LogP contribution in [0.5, 0.6) is 0 Å². The van der Waals surface area contributed by atoms with Gasteiger partial charge >= 0.3 is 0 Å². The number of aryl methyl sites for hydroxylation is 2. The second-order valence-corrected chi connectivity index (χ2v) is 11.4. The summed E-state index contributed by atoms with van der Waals surface area (Å²) in [6.07, 6.45) is 7.24. The highest BCUT2D eigenvalue weighted by Gasteiger charge is 2.32. The van der Waals surface area contributed by atoms with E-state index in [1.165, 1.54) is 11.0 Å². The lowest BCUT2D eigenvalue weighted by molar-refractivity contribution is -0.121. The van der Waals surface area contributed by atoms with Gasteiger partial charge in [0.2, 0.25) is 11.8 Å². The normalized spacial score (nSPS) is 14.2. The number of hydrogen-bond donors (Lipinski definition) is 2.